The van der Waals surface area contributed by atoms with Crippen molar-refractivity contribution in [3.05, 3.63) is 41.8 Å². The van der Waals surface area contributed by atoms with Crippen LogP contribution in [0.4, 0.5) is 24.9 Å². The maximum Gasteiger partial charge on any atom is 0.436 e. The van der Waals surface area contributed by atoms with Crippen molar-refractivity contribution in [1.82, 2.24) is 9.88 Å². The Morgan fingerprint density at radius 2 is 1.97 bits per heavy atom. The van der Waals surface area contributed by atoms with Gasteiger partial charge in [-0.3, -0.25) is 19.8 Å². The van der Waals surface area contributed by atoms with E-state index < -0.39 is 23.8 Å². The van der Waals surface area contributed by atoms with E-state index in [1.54, 1.807) is 0 Å². The van der Waals surface area contributed by atoms with E-state index in [2.05, 4.69) is 31.8 Å². The number of halogens is 3. The summed E-state index contributed by atoms with van der Waals surface area (Å²) in [4.78, 5) is 27.8. The van der Waals surface area contributed by atoms with Crippen LogP contribution in [0.3, 0.4) is 0 Å². The van der Waals surface area contributed by atoms with E-state index in [1.165, 1.54) is 5.56 Å². The maximum atomic E-state index is 12.5. The SMILES string of the molecule is Cc1cccc(N2CCN(CC(=O)Nc3nc(C(F)(F)F)co3)CC2)c1.O=CO. The van der Waals surface area contributed by atoms with Gasteiger partial charge in [-0.1, -0.05) is 12.1 Å². The second-order valence-electron chi connectivity index (χ2n) is 6.29. The molecular formula is C18H21F3N4O4. The van der Waals surface area contributed by atoms with Gasteiger partial charge in [-0.2, -0.15) is 18.2 Å². The lowest BCUT2D eigenvalue weighted by Gasteiger charge is -2.35. The fraction of sp³-hybridized carbons (Fsp3) is 0.389. The molecule has 3 rings (SSSR count). The predicted molar refractivity (Wildman–Crippen MR) is 98.7 cm³/mol. The van der Waals surface area contributed by atoms with Crippen molar-refractivity contribution < 1.29 is 32.3 Å². The summed E-state index contributed by atoms with van der Waals surface area (Å²) in [6, 6.07) is 7.77. The summed E-state index contributed by atoms with van der Waals surface area (Å²) in [6.07, 6.45) is -4.12. The molecule has 1 aliphatic rings. The first-order valence-corrected chi connectivity index (χ1v) is 8.67. The van der Waals surface area contributed by atoms with Crippen LogP contribution >= 0.6 is 0 Å². The number of nitrogens with zero attached hydrogens (tertiary/aromatic N) is 3. The average Bonchev–Trinajstić information content (AvgIpc) is 3.12. The third-order valence-electron chi connectivity index (χ3n) is 4.15. The summed E-state index contributed by atoms with van der Waals surface area (Å²) in [5.41, 5.74) is 1.17. The number of alkyl halides is 3. The molecule has 29 heavy (non-hydrogen) atoms. The zero-order chi connectivity index (χ0) is 21.4. The van der Waals surface area contributed by atoms with Crippen LogP contribution in [0.25, 0.3) is 0 Å². The number of piperazine rings is 1. The van der Waals surface area contributed by atoms with Gasteiger partial charge in [-0.05, 0) is 24.6 Å². The van der Waals surface area contributed by atoms with Crippen molar-refractivity contribution in [3.63, 3.8) is 0 Å². The highest BCUT2D eigenvalue weighted by Gasteiger charge is 2.35. The van der Waals surface area contributed by atoms with Gasteiger partial charge < -0.3 is 14.4 Å². The molecule has 11 heteroatoms. The Labute approximate surface area is 164 Å². The van der Waals surface area contributed by atoms with Crippen molar-refractivity contribution >= 4 is 24.1 Å². The van der Waals surface area contributed by atoms with Gasteiger partial charge >= 0.3 is 12.2 Å². The van der Waals surface area contributed by atoms with Gasteiger partial charge in [0.15, 0.2) is 5.69 Å². The molecule has 158 valence electrons. The minimum atomic E-state index is -4.60. The second kappa shape index (κ2) is 9.92. The van der Waals surface area contributed by atoms with Crippen LogP contribution in [-0.2, 0) is 15.8 Å². The largest absolute Gasteiger partial charge is 0.483 e. The van der Waals surface area contributed by atoms with Crippen molar-refractivity contribution in [2.45, 2.75) is 13.1 Å². The summed E-state index contributed by atoms with van der Waals surface area (Å²) >= 11 is 0. The van der Waals surface area contributed by atoms with Crippen LogP contribution in [0, 0.1) is 6.92 Å². The highest BCUT2D eigenvalue weighted by atomic mass is 19.4. The molecule has 0 radical (unpaired) electrons. The lowest BCUT2D eigenvalue weighted by Crippen LogP contribution is -2.48. The monoisotopic (exact) mass is 414 g/mol. The van der Waals surface area contributed by atoms with E-state index in [0.717, 1.165) is 18.8 Å². The zero-order valence-electron chi connectivity index (χ0n) is 15.6. The third-order valence-corrected chi connectivity index (χ3v) is 4.15. The Hall–Kier alpha value is -3.08. The van der Waals surface area contributed by atoms with E-state index in [4.69, 9.17) is 9.90 Å². The van der Waals surface area contributed by atoms with Gasteiger partial charge in [-0.15, -0.1) is 0 Å². The number of carbonyl (C=O) groups excluding carboxylic acids is 1. The number of carboxylic acid groups (broad SMARTS) is 1. The molecule has 2 N–H and O–H groups in total. The van der Waals surface area contributed by atoms with E-state index in [9.17, 15) is 18.0 Å². The summed E-state index contributed by atoms with van der Waals surface area (Å²) in [5, 5.41) is 9.15. The van der Waals surface area contributed by atoms with Crippen molar-refractivity contribution in [2.75, 3.05) is 42.9 Å². The number of aromatic nitrogens is 1. The highest BCUT2D eigenvalue weighted by Crippen LogP contribution is 2.29. The van der Waals surface area contributed by atoms with Crippen molar-refractivity contribution in [3.8, 4) is 0 Å². The van der Waals surface area contributed by atoms with Gasteiger partial charge in [-0.25, -0.2) is 0 Å². The molecule has 0 atom stereocenters. The molecule has 2 aromatic rings. The summed E-state index contributed by atoms with van der Waals surface area (Å²) in [6.45, 7) is 4.77. The molecule has 1 aromatic heterocycles. The van der Waals surface area contributed by atoms with Gasteiger partial charge in [0.05, 0.1) is 6.54 Å². The molecule has 2 heterocycles. The fourth-order valence-corrected chi connectivity index (χ4v) is 2.81. The number of nitrogens with one attached hydrogen (secondary N) is 1. The number of hydrogen-bond donors (Lipinski definition) is 2. The van der Waals surface area contributed by atoms with Crippen LogP contribution in [0.15, 0.2) is 34.9 Å². The van der Waals surface area contributed by atoms with Gasteiger partial charge in [0.25, 0.3) is 6.47 Å². The van der Waals surface area contributed by atoms with Crippen LogP contribution < -0.4 is 10.2 Å². The number of carbonyl (C=O) groups is 2. The molecule has 0 spiro atoms. The number of anilines is 2. The Kier molecular flexibility index (Phi) is 7.59. The molecule has 8 nitrogen and oxygen atoms in total. The first kappa shape index (κ1) is 22.2. The number of amides is 1. The number of oxazole rings is 1. The molecular weight excluding hydrogens is 393 g/mol. The van der Waals surface area contributed by atoms with Crippen LogP contribution in [0.5, 0.6) is 0 Å². The van der Waals surface area contributed by atoms with Crippen LogP contribution in [0.2, 0.25) is 0 Å². The Bertz CT molecular complexity index is 817. The van der Waals surface area contributed by atoms with E-state index in [0.29, 0.717) is 19.4 Å². The second-order valence-corrected chi connectivity index (χ2v) is 6.29. The molecule has 0 unspecified atom stereocenters. The fourth-order valence-electron chi connectivity index (χ4n) is 2.81. The van der Waals surface area contributed by atoms with E-state index in [-0.39, 0.29) is 13.0 Å². The summed E-state index contributed by atoms with van der Waals surface area (Å²) < 4.78 is 42.0. The maximum absolute atomic E-state index is 12.5. The van der Waals surface area contributed by atoms with Gasteiger partial charge in [0, 0.05) is 31.9 Å². The van der Waals surface area contributed by atoms with Crippen molar-refractivity contribution in [2.24, 2.45) is 0 Å². The van der Waals surface area contributed by atoms with Gasteiger partial charge in [0.2, 0.25) is 5.91 Å². The minimum Gasteiger partial charge on any atom is -0.483 e. The smallest absolute Gasteiger partial charge is 0.436 e. The number of aryl methyl sites for hydroxylation is 1. The zero-order valence-corrected chi connectivity index (χ0v) is 15.6. The predicted octanol–water partition coefficient (Wildman–Crippen LogP) is 2.46. The van der Waals surface area contributed by atoms with Crippen LogP contribution in [0.1, 0.15) is 11.3 Å². The highest BCUT2D eigenvalue weighted by molar-refractivity contribution is 5.90. The van der Waals surface area contributed by atoms with E-state index in [1.807, 2.05) is 24.0 Å². The summed E-state index contributed by atoms with van der Waals surface area (Å²) in [5.74, 6) is -0.454. The minimum absolute atomic E-state index is 0.0748. The normalized spacial score (nSPS) is 14.7. The molecule has 0 saturated carbocycles. The quantitative estimate of drug-likeness (QED) is 0.742. The topological polar surface area (TPSA) is 98.9 Å². The molecule has 1 saturated heterocycles. The number of benzene rings is 1. The molecule has 0 aliphatic carbocycles. The molecule has 0 bridgehead atoms. The molecule has 1 aromatic carbocycles. The van der Waals surface area contributed by atoms with Crippen molar-refractivity contribution in [1.29, 1.82) is 0 Å². The Balaban J connectivity index is 0.000000941. The Morgan fingerprint density at radius 1 is 1.31 bits per heavy atom. The number of rotatable bonds is 4. The van der Waals surface area contributed by atoms with Crippen LogP contribution in [-0.4, -0.2) is 60.1 Å². The first-order valence-electron chi connectivity index (χ1n) is 8.67. The summed E-state index contributed by atoms with van der Waals surface area (Å²) in [7, 11) is 0. The Morgan fingerprint density at radius 3 is 2.52 bits per heavy atom. The lowest BCUT2D eigenvalue weighted by atomic mass is 10.2. The lowest BCUT2D eigenvalue weighted by molar-refractivity contribution is -0.141. The molecule has 1 amide bonds. The van der Waals surface area contributed by atoms with Gasteiger partial charge in [0.1, 0.15) is 6.26 Å². The van der Waals surface area contributed by atoms with E-state index >= 15 is 0 Å². The first-order chi connectivity index (χ1) is 13.7. The molecule has 1 aliphatic heterocycles. The standard InChI is InChI=1S/C17H19F3N4O2.CH2O2/c1-12-3-2-4-13(9-12)24-7-5-23(6-8-24)10-15(25)22-16-21-14(11-26-16)17(18,19)20;2-1-3/h2-4,9,11H,5-8,10H2,1H3,(H,21,22,25);1H,(H,2,3). The average molecular weight is 414 g/mol. The number of hydrogen-bond acceptors (Lipinski definition) is 6. The third kappa shape index (κ3) is 6.79. The molecule has 1 fully saturated rings.